The highest BCUT2D eigenvalue weighted by Gasteiger charge is 2.29. The Morgan fingerprint density at radius 1 is 1.37 bits per heavy atom. The average Bonchev–Trinajstić information content (AvgIpc) is 2.93. The number of ether oxygens (including phenoxy) is 1. The molecule has 2 atom stereocenters. The highest BCUT2D eigenvalue weighted by molar-refractivity contribution is 5.98. The lowest BCUT2D eigenvalue weighted by molar-refractivity contribution is 0.0919. The highest BCUT2D eigenvalue weighted by atomic mass is 16.5. The van der Waals surface area contributed by atoms with Crippen molar-refractivity contribution in [3.8, 4) is 5.75 Å². The lowest BCUT2D eigenvalue weighted by Gasteiger charge is -2.10. The van der Waals surface area contributed by atoms with E-state index in [0.29, 0.717) is 17.9 Å². The first-order valence-electron chi connectivity index (χ1n) is 7.36. The van der Waals surface area contributed by atoms with Crippen LogP contribution in [0.4, 0.5) is 0 Å². The Labute approximate surface area is 115 Å². The number of carbonyl (C=O) groups is 1. The fraction of sp³-hybridized carbons (Fsp3) is 0.625. The van der Waals surface area contributed by atoms with Crippen LogP contribution in [0.2, 0.25) is 0 Å². The number of aromatic nitrogens is 1. The Kier molecular flexibility index (Phi) is 4.94. The normalized spacial score (nSPS) is 22.4. The van der Waals surface area contributed by atoms with Gasteiger partial charge in [-0.15, -0.1) is 0 Å². The summed E-state index contributed by atoms with van der Waals surface area (Å²) in [5.41, 5.74) is 0.704. The number of ketones is 1. The number of hydrogen-bond donors (Lipinski definition) is 0. The molecule has 1 aliphatic rings. The third-order valence-corrected chi connectivity index (χ3v) is 3.96. The Bertz CT molecular complexity index is 431. The molecule has 0 aromatic carbocycles. The summed E-state index contributed by atoms with van der Waals surface area (Å²) in [5.74, 6) is 1.86. The number of hydrogen-bond acceptors (Lipinski definition) is 3. The second-order valence-electron chi connectivity index (χ2n) is 5.41. The SMILES string of the molecule is CCCOc1cncc(C(=O)C2CCC(CC)C2)c1. The molecule has 0 spiro atoms. The van der Waals surface area contributed by atoms with Gasteiger partial charge < -0.3 is 4.74 Å². The van der Waals surface area contributed by atoms with Crippen molar-refractivity contribution < 1.29 is 9.53 Å². The molecule has 0 N–H and O–H groups in total. The van der Waals surface area contributed by atoms with Gasteiger partial charge in [0.1, 0.15) is 5.75 Å². The minimum absolute atomic E-state index is 0.188. The van der Waals surface area contributed by atoms with Crippen LogP contribution in [0.1, 0.15) is 56.3 Å². The van der Waals surface area contributed by atoms with Gasteiger partial charge in [0.15, 0.2) is 5.78 Å². The largest absolute Gasteiger partial charge is 0.492 e. The number of carbonyl (C=O) groups excluding carboxylic acids is 1. The maximum Gasteiger partial charge on any atom is 0.167 e. The average molecular weight is 261 g/mol. The number of pyridine rings is 1. The van der Waals surface area contributed by atoms with Gasteiger partial charge >= 0.3 is 0 Å². The van der Waals surface area contributed by atoms with Crippen LogP contribution < -0.4 is 4.74 Å². The van der Waals surface area contributed by atoms with Crippen LogP contribution in [0, 0.1) is 11.8 Å². The van der Waals surface area contributed by atoms with Crippen molar-refractivity contribution in [1.29, 1.82) is 0 Å². The van der Waals surface area contributed by atoms with Crippen molar-refractivity contribution in [2.45, 2.75) is 46.0 Å². The van der Waals surface area contributed by atoms with E-state index in [0.717, 1.165) is 25.2 Å². The quantitative estimate of drug-likeness (QED) is 0.729. The van der Waals surface area contributed by atoms with Crippen molar-refractivity contribution in [3.05, 3.63) is 24.0 Å². The van der Waals surface area contributed by atoms with E-state index in [9.17, 15) is 4.79 Å². The summed E-state index contributed by atoms with van der Waals surface area (Å²) in [4.78, 5) is 16.6. The molecule has 19 heavy (non-hydrogen) atoms. The van der Waals surface area contributed by atoms with Crippen LogP contribution in [-0.4, -0.2) is 17.4 Å². The summed E-state index contributed by atoms with van der Waals surface area (Å²) >= 11 is 0. The van der Waals surface area contributed by atoms with Crippen LogP contribution in [0.3, 0.4) is 0 Å². The van der Waals surface area contributed by atoms with Gasteiger partial charge in [-0.05, 0) is 37.7 Å². The summed E-state index contributed by atoms with van der Waals surface area (Å²) in [6.45, 7) is 4.94. The first-order chi connectivity index (χ1) is 9.24. The van der Waals surface area contributed by atoms with Crippen LogP contribution in [-0.2, 0) is 0 Å². The summed E-state index contributed by atoms with van der Waals surface area (Å²) in [7, 11) is 0. The molecule has 0 radical (unpaired) electrons. The molecule has 1 heterocycles. The van der Waals surface area contributed by atoms with Crippen LogP contribution in [0.15, 0.2) is 18.5 Å². The van der Waals surface area contributed by atoms with Crippen molar-refractivity contribution in [1.82, 2.24) is 4.98 Å². The fourth-order valence-electron chi connectivity index (χ4n) is 2.77. The molecule has 104 valence electrons. The van der Waals surface area contributed by atoms with Gasteiger partial charge in [-0.1, -0.05) is 20.3 Å². The second kappa shape index (κ2) is 6.69. The topological polar surface area (TPSA) is 39.2 Å². The van der Waals surface area contributed by atoms with Crippen molar-refractivity contribution >= 4 is 5.78 Å². The lowest BCUT2D eigenvalue weighted by Crippen LogP contribution is -2.12. The van der Waals surface area contributed by atoms with Gasteiger partial charge in [0.05, 0.1) is 12.8 Å². The molecule has 0 aliphatic heterocycles. The van der Waals surface area contributed by atoms with Crippen molar-refractivity contribution in [2.24, 2.45) is 11.8 Å². The summed E-state index contributed by atoms with van der Waals surface area (Å²) in [6, 6.07) is 1.84. The van der Waals surface area contributed by atoms with E-state index in [4.69, 9.17) is 4.74 Å². The molecule has 0 amide bonds. The van der Waals surface area contributed by atoms with E-state index < -0.39 is 0 Å². The molecule has 3 nitrogen and oxygen atoms in total. The van der Waals surface area contributed by atoms with E-state index >= 15 is 0 Å². The van der Waals surface area contributed by atoms with Crippen LogP contribution in [0.25, 0.3) is 0 Å². The number of Topliss-reactive ketones (excluding diaryl/α,β-unsaturated/α-hetero) is 1. The molecule has 1 fully saturated rings. The van der Waals surface area contributed by atoms with Crippen LogP contribution in [0.5, 0.6) is 5.75 Å². The third-order valence-electron chi connectivity index (χ3n) is 3.96. The van der Waals surface area contributed by atoms with Crippen LogP contribution >= 0.6 is 0 Å². The zero-order valence-electron chi connectivity index (χ0n) is 11.9. The van der Waals surface area contributed by atoms with E-state index in [1.165, 1.54) is 12.8 Å². The number of nitrogens with zero attached hydrogens (tertiary/aromatic N) is 1. The smallest absolute Gasteiger partial charge is 0.167 e. The zero-order valence-corrected chi connectivity index (χ0v) is 11.9. The Hall–Kier alpha value is -1.38. The van der Waals surface area contributed by atoms with E-state index in [1.807, 2.05) is 6.07 Å². The predicted octanol–water partition coefficient (Wildman–Crippen LogP) is 3.88. The molecular weight excluding hydrogens is 238 g/mol. The molecule has 1 aromatic heterocycles. The maximum atomic E-state index is 12.4. The molecule has 2 unspecified atom stereocenters. The molecule has 0 bridgehead atoms. The first kappa shape index (κ1) is 14.0. The Balaban J connectivity index is 2.02. The minimum Gasteiger partial charge on any atom is -0.492 e. The van der Waals surface area contributed by atoms with E-state index in [-0.39, 0.29) is 11.7 Å². The first-order valence-corrected chi connectivity index (χ1v) is 7.36. The number of rotatable bonds is 6. The molecule has 2 rings (SSSR count). The molecular formula is C16H23NO2. The monoisotopic (exact) mass is 261 g/mol. The minimum atomic E-state index is 0.188. The van der Waals surface area contributed by atoms with Gasteiger partial charge in [0.25, 0.3) is 0 Å². The van der Waals surface area contributed by atoms with Gasteiger partial charge in [-0.3, -0.25) is 9.78 Å². The fourth-order valence-corrected chi connectivity index (χ4v) is 2.77. The molecule has 3 heteroatoms. The zero-order chi connectivity index (χ0) is 13.7. The van der Waals surface area contributed by atoms with Crippen molar-refractivity contribution in [3.63, 3.8) is 0 Å². The highest BCUT2D eigenvalue weighted by Crippen LogP contribution is 2.35. The van der Waals surface area contributed by atoms with Gasteiger partial charge in [0.2, 0.25) is 0 Å². The lowest BCUT2D eigenvalue weighted by atomic mass is 9.95. The van der Waals surface area contributed by atoms with E-state index in [2.05, 4.69) is 18.8 Å². The third kappa shape index (κ3) is 3.55. The standard InChI is InChI=1S/C16H23NO2/c1-3-7-19-15-9-14(10-17-11-15)16(18)13-6-5-12(4-2)8-13/h9-13H,3-8H2,1-2H3. The van der Waals surface area contributed by atoms with Crippen molar-refractivity contribution in [2.75, 3.05) is 6.61 Å². The van der Waals surface area contributed by atoms with Gasteiger partial charge in [0, 0.05) is 17.7 Å². The Morgan fingerprint density at radius 3 is 2.89 bits per heavy atom. The summed E-state index contributed by atoms with van der Waals surface area (Å²) in [5, 5.41) is 0. The maximum absolute atomic E-state index is 12.4. The summed E-state index contributed by atoms with van der Waals surface area (Å²) < 4.78 is 5.54. The molecule has 1 aliphatic carbocycles. The summed E-state index contributed by atoms with van der Waals surface area (Å²) in [6.07, 6.45) is 8.73. The van der Waals surface area contributed by atoms with Gasteiger partial charge in [-0.2, -0.15) is 0 Å². The Morgan fingerprint density at radius 2 is 2.21 bits per heavy atom. The van der Waals surface area contributed by atoms with Gasteiger partial charge in [-0.25, -0.2) is 0 Å². The van der Waals surface area contributed by atoms with E-state index in [1.54, 1.807) is 12.4 Å². The second-order valence-corrected chi connectivity index (χ2v) is 5.41. The predicted molar refractivity (Wildman–Crippen MR) is 75.5 cm³/mol. The molecule has 1 saturated carbocycles. The molecule has 1 aromatic rings. The molecule has 0 saturated heterocycles.